The number of carbonyl (C=O) groups excluding carboxylic acids is 2. The molecule has 0 bridgehead atoms. The van der Waals surface area contributed by atoms with Gasteiger partial charge in [-0.1, -0.05) is 17.7 Å². The van der Waals surface area contributed by atoms with Crippen LogP contribution in [-0.4, -0.2) is 70.5 Å². The lowest BCUT2D eigenvalue weighted by Gasteiger charge is -2.33. The number of carbonyl (C=O) groups is 2. The molecule has 8 nitrogen and oxygen atoms in total. The largest absolute Gasteiger partial charge is 0.378 e. The molecule has 2 saturated heterocycles. The molecule has 2 aliphatic heterocycles. The van der Waals surface area contributed by atoms with Crippen molar-refractivity contribution in [3.63, 3.8) is 0 Å². The third kappa shape index (κ3) is 5.83. The van der Waals surface area contributed by atoms with E-state index in [1.54, 1.807) is 19.1 Å². The Kier molecular flexibility index (Phi) is 7.47. The molecule has 1 atom stereocenters. The minimum atomic E-state index is -0.686. The van der Waals surface area contributed by atoms with Crippen LogP contribution in [0.4, 0.5) is 17.1 Å². The predicted molar refractivity (Wildman–Crippen MR) is 129 cm³/mol. The molecule has 0 spiro atoms. The lowest BCUT2D eigenvalue weighted by Crippen LogP contribution is -2.42. The number of aryl methyl sites for hydroxylation is 1. The summed E-state index contributed by atoms with van der Waals surface area (Å²) in [6.45, 7) is 9.56. The Labute approximate surface area is 194 Å². The third-order valence-corrected chi connectivity index (χ3v) is 5.99. The molecule has 0 aliphatic carbocycles. The monoisotopic (exact) mass is 452 g/mol. The zero-order valence-corrected chi connectivity index (χ0v) is 19.3. The number of morpholine rings is 2. The number of hydrogen-bond acceptors (Lipinski definition) is 6. The Morgan fingerprint density at radius 1 is 0.909 bits per heavy atom. The van der Waals surface area contributed by atoms with Crippen LogP contribution in [-0.2, 0) is 14.3 Å². The Morgan fingerprint density at radius 2 is 1.58 bits per heavy atom. The molecule has 2 aromatic carbocycles. The molecule has 33 heavy (non-hydrogen) atoms. The molecule has 0 saturated carbocycles. The summed E-state index contributed by atoms with van der Waals surface area (Å²) in [5, 5.41) is 5.83. The number of hydrogen-bond donors (Lipinski definition) is 2. The number of ether oxygens (including phenoxy) is 2. The lowest BCUT2D eigenvalue weighted by atomic mass is 10.1. The molecular formula is C25H32N4O4. The van der Waals surface area contributed by atoms with E-state index < -0.39 is 6.04 Å². The summed E-state index contributed by atoms with van der Waals surface area (Å²) in [5.41, 5.74) is 4.34. The first-order valence-electron chi connectivity index (χ1n) is 11.5. The summed E-state index contributed by atoms with van der Waals surface area (Å²) in [6.07, 6.45) is 0. The molecule has 4 rings (SSSR count). The molecule has 0 radical (unpaired) electrons. The molecule has 2 amide bonds. The van der Waals surface area contributed by atoms with Crippen molar-refractivity contribution >= 4 is 28.9 Å². The second kappa shape index (κ2) is 10.7. The fraction of sp³-hybridized carbons (Fsp3) is 0.440. The van der Waals surface area contributed by atoms with Gasteiger partial charge in [-0.15, -0.1) is 0 Å². The van der Waals surface area contributed by atoms with Gasteiger partial charge in [-0.05, 0) is 44.2 Å². The molecule has 2 N–H and O–H groups in total. The molecule has 176 valence electrons. The first kappa shape index (κ1) is 23.1. The van der Waals surface area contributed by atoms with Crippen LogP contribution in [0.2, 0.25) is 0 Å². The minimum Gasteiger partial charge on any atom is -0.378 e. The second-order valence-electron chi connectivity index (χ2n) is 8.45. The lowest BCUT2D eigenvalue weighted by molar-refractivity contribution is -0.117. The Morgan fingerprint density at radius 3 is 2.24 bits per heavy atom. The standard InChI is InChI=1S/C25H32N4O4/c1-18-4-3-5-20(16-18)25(31)26-19(2)24(30)27-22-7-6-21(28-8-12-32-13-9-28)17-23(22)29-10-14-33-15-11-29/h3-7,16-17,19H,8-15H2,1-2H3,(H,26,31)(H,27,30)/t19-/m1/s1. The quantitative estimate of drug-likeness (QED) is 0.701. The zero-order chi connectivity index (χ0) is 23.2. The fourth-order valence-electron chi connectivity index (χ4n) is 4.08. The smallest absolute Gasteiger partial charge is 0.251 e. The summed E-state index contributed by atoms with van der Waals surface area (Å²) in [7, 11) is 0. The van der Waals surface area contributed by atoms with Gasteiger partial charge in [0.15, 0.2) is 0 Å². The molecule has 2 aromatic rings. The van der Waals surface area contributed by atoms with Gasteiger partial charge in [0.1, 0.15) is 6.04 Å². The summed E-state index contributed by atoms with van der Waals surface area (Å²) in [6, 6.07) is 12.7. The number of amides is 2. The minimum absolute atomic E-state index is 0.260. The van der Waals surface area contributed by atoms with Gasteiger partial charge in [-0.2, -0.15) is 0 Å². The van der Waals surface area contributed by atoms with Gasteiger partial charge >= 0.3 is 0 Å². The molecule has 8 heteroatoms. The van der Waals surface area contributed by atoms with Gasteiger partial charge in [0.2, 0.25) is 5.91 Å². The van der Waals surface area contributed by atoms with Crippen LogP contribution in [0.15, 0.2) is 42.5 Å². The van der Waals surface area contributed by atoms with Crippen LogP contribution in [0.5, 0.6) is 0 Å². The van der Waals surface area contributed by atoms with Crippen molar-refractivity contribution in [2.24, 2.45) is 0 Å². The maximum atomic E-state index is 13.0. The molecule has 0 unspecified atom stereocenters. The number of anilines is 3. The van der Waals surface area contributed by atoms with Crippen molar-refractivity contribution in [2.45, 2.75) is 19.9 Å². The van der Waals surface area contributed by atoms with E-state index in [1.807, 2.05) is 31.2 Å². The van der Waals surface area contributed by atoms with E-state index in [4.69, 9.17) is 9.47 Å². The summed E-state index contributed by atoms with van der Waals surface area (Å²) in [5.74, 6) is -0.526. The van der Waals surface area contributed by atoms with E-state index in [0.717, 1.165) is 48.8 Å². The highest BCUT2D eigenvalue weighted by atomic mass is 16.5. The summed E-state index contributed by atoms with van der Waals surface area (Å²) >= 11 is 0. The van der Waals surface area contributed by atoms with E-state index in [1.165, 1.54) is 0 Å². The van der Waals surface area contributed by atoms with Gasteiger partial charge in [-0.3, -0.25) is 9.59 Å². The Balaban J connectivity index is 1.49. The number of benzene rings is 2. The van der Waals surface area contributed by atoms with Gasteiger partial charge in [-0.25, -0.2) is 0 Å². The highest BCUT2D eigenvalue weighted by Gasteiger charge is 2.22. The molecule has 0 aromatic heterocycles. The van der Waals surface area contributed by atoms with Crippen LogP contribution in [0.1, 0.15) is 22.8 Å². The molecule has 2 aliphatic rings. The molecular weight excluding hydrogens is 420 g/mol. The van der Waals surface area contributed by atoms with Crippen LogP contribution in [0, 0.1) is 6.92 Å². The van der Waals surface area contributed by atoms with Gasteiger partial charge in [0, 0.05) is 37.4 Å². The van der Waals surface area contributed by atoms with Gasteiger partial charge < -0.3 is 29.9 Å². The van der Waals surface area contributed by atoms with E-state index in [0.29, 0.717) is 32.0 Å². The first-order chi connectivity index (χ1) is 16.0. The maximum Gasteiger partial charge on any atom is 0.251 e. The Bertz CT molecular complexity index is 984. The van der Waals surface area contributed by atoms with Gasteiger partial charge in [0.05, 0.1) is 37.8 Å². The second-order valence-corrected chi connectivity index (χ2v) is 8.45. The first-order valence-corrected chi connectivity index (χ1v) is 11.5. The average Bonchev–Trinajstić information content (AvgIpc) is 2.85. The van der Waals surface area contributed by atoms with E-state index in [-0.39, 0.29) is 11.8 Å². The fourth-order valence-corrected chi connectivity index (χ4v) is 4.08. The van der Waals surface area contributed by atoms with Crippen molar-refractivity contribution in [1.82, 2.24) is 5.32 Å². The average molecular weight is 453 g/mol. The topological polar surface area (TPSA) is 83.1 Å². The number of nitrogens with zero attached hydrogens (tertiary/aromatic N) is 2. The van der Waals surface area contributed by atoms with Crippen molar-refractivity contribution in [3.8, 4) is 0 Å². The molecule has 2 fully saturated rings. The van der Waals surface area contributed by atoms with Crippen LogP contribution in [0.25, 0.3) is 0 Å². The normalized spacial score (nSPS) is 17.4. The van der Waals surface area contributed by atoms with Gasteiger partial charge in [0.25, 0.3) is 5.91 Å². The third-order valence-electron chi connectivity index (χ3n) is 5.99. The predicted octanol–water partition coefficient (Wildman–Crippen LogP) is 2.43. The summed E-state index contributed by atoms with van der Waals surface area (Å²) < 4.78 is 11.0. The van der Waals surface area contributed by atoms with Crippen molar-refractivity contribution in [1.29, 1.82) is 0 Å². The van der Waals surface area contributed by atoms with E-state index in [9.17, 15) is 9.59 Å². The SMILES string of the molecule is Cc1cccc(C(=O)N[C@H](C)C(=O)Nc2ccc(N3CCOCC3)cc2N2CCOCC2)c1. The van der Waals surface area contributed by atoms with Crippen LogP contribution in [0.3, 0.4) is 0 Å². The van der Waals surface area contributed by atoms with Crippen molar-refractivity contribution in [2.75, 3.05) is 67.7 Å². The number of rotatable bonds is 6. The van der Waals surface area contributed by atoms with Crippen LogP contribution < -0.4 is 20.4 Å². The van der Waals surface area contributed by atoms with Crippen molar-refractivity contribution in [3.05, 3.63) is 53.6 Å². The van der Waals surface area contributed by atoms with E-state index >= 15 is 0 Å². The summed E-state index contributed by atoms with van der Waals surface area (Å²) in [4.78, 5) is 30.1. The zero-order valence-electron chi connectivity index (χ0n) is 19.3. The highest BCUT2D eigenvalue weighted by Crippen LogP contribution is 2.32. The maximum absolute atomic E-state index is 13.0. The highest BCUT2D eigenvalue weighted by molar-refractivity contribution is 6.02. The van der Waals surface area contributed by atoms with E-state index in [2.05, 4.69) is 26.5 Å². The number of nitrogens with one attached hydrogen (secondary N) is 2. The van der Waals surface area contributed by atoms with Crippen molar-refractivity contribution < 1.29 is 19.1 Å². The Hall–Kier alpha value is -3.10. The molecule has 2 heterocycles. The van der Waals surface area contributed by atoms with Crippen LogP contribution >= 0.6 is 0 Å².